The normalized spacial score (nSPS) is 23.7. The van der Waals surface area contributed by atoms with Crippen molar-refractivity contribution in [2.45, 2.75) is 33.3 Å². The first-order chi connectivity index (χ1) is 5.52. The van der Waals surface area contributed by atoms with Crippen molar-refractivity contribution < 1.29 is 14.6 Å². The molecule has 0 spiro atoms. The number of ketones is 1. The van der Waals surface area contributed by atoms with Crippen LogP contribution in [-0.2, 0) is 9.53 Å². The minimum absolute atomic E-state index is 0.184. The van der Waals surface area contributed by atoms with Crippen molar-refractivity contribution in [3.63, 3.8) is 0 Å². The smallest absolute Gasteiger partial charge is 0.240 e. The Morgan fingerprint density at radius 1 is 1.58 bits per heavy atom. The van der Waals surface area contributed by atoms with E-state index in [1.807, 2.05) is 13.8 Å². The fourth-order valence-electron chi connectivity index (χ4n) is 1.17. The zero-order valence-electron chi connectivity index (χ0n) is 7.63. The molecule has 0 saturated carbocycles. The first kappa shape index (κ1) is 9.10. The van der Waals surface area contributed by atoms with Gasteiger partial charge in [0.25, 0.3) is 0 Å². The topological polar surface area (TPSA) is 46.5 Å². The molecule has 1 atom stereocenters. The fraction of sp³-hybridized carbons (Fsp3) is 0.667. The number of hydrogen-bond acceptors (Lipinski definition) is 3. The number of ether oxygens (including phenoxy) is 1. The van der Waals surface area contributed by atoms with E-state index < -0.39 is 6.10 Å². The summed E-state index contributed by atoms with van der Waals surface area (Å²) in [6, 6.07) is 0. The molecule has 1 N–H and O–H groups in total. The summed E-state index contributed by atoms with van der Waals surface area (Å²) in [6.45, 7) is 5.67. The van der Waals surface area contributed by atoms with Gasteiger partial charge in [-0.05, 0) is 12.8 Å². The molecule has 1 aliphatic rings. The Hall–Kier alpha value is -0.990. The largest absolute Gasteiger partial charge is 0.502 e. The number of carbonyl (C=O) groups is 1. The average Bonchev–Trinajstić information content (AvgIpc) is 2.17. The molecule has 12 heavy (non-hydrogen) atoms. The van der Waals surface area contributed by atoms with E-state index in [0.717, 1.165) is 0 Å². The van der Waals surface area contributed by atoms with Gasteiger partial charge >= 0.3 is 0 Å². The third-order valence-corrected chi connectivity index (χ3v) is 1.78. The highest BCUT2D eigenvalue weighted by atomic mass is 16.5. The van der Waals surface area contributed by atoms with E-state index >= 15 is 0 Å². The number of rotatable bonds is 2. The van der Waals surface area contributed by atoms with Gasteiger partial charge in [0.15, 0.2) is 6.10 Å². The number of carbonyl (C=O) groups excluding carboxylic acids is 1. The molecular weight excluding hydrogens is 156 g/mol. The van der Waals surface area contributed by atoms with E-state index in [-0.39, 0.29) is 11.5 Å². The van der Waals surface area contributed by atoms with Crippen LogP contribution >= 0.6 is 0 Å². The van der Waals surface area contributed by atoms with Gasteiger partial charge in [-0.15, -0.1) is 0 Å². The molecule has 0 aliphatic carbocycles. The molecule has 1 unspecified atom stereocenters. The lowest BCUT2D eigenvalue weighted by atomic mass is 10.1. The maximum atomic E-state index is 11.1. The monoisotopic (exact) mass is 170 g/mol. The van der Waals surface area contributed by atoms with Crippen molar-refractivity contribution in [3.8, 4) is 0 Å². The van der Waals surface area contributed by atoms with Crippen LogP contribution in [0.15, 0.2) is 11.5 Å². The predicted octanol–water partition coefficient (Wildman–Crippen LogP) is 1.79. The van der Waals surface area contributed by atoms with Crippen molar-refractivity contribution in [2.75, 3.05) is 0 Å². The summed E-state index contributed by atoms with van der Waals surface area (Å²) in [7, 11) is 0. The molecule has 68 valence electrons. The second kappa shape index (κ2) is 3.17. The molecule has 0 fully saturated rings. The lowest BCUT2D eigenvalue weighted by molar-refractivity contribution is -0.122. The summed E-state index contributed by atoms with van der Waals surface area (Å²) >= 11 is 0. The third kappa shape index (κ3) is 1.60. The van der Waals surface area contributed by atoms with E-state index in [2.05, 4.69) is 0 Å². The Morgan fingerprint density at radius 3 is 2.50 bits per heavy atom. The van der Waals surface area contributed by atoms with Crippen LogP contribution in [0.3, 0.4) is 0 Å². The van der Waals surface area contributed by atoms with Gasteiger partial charge in [0.2, 0.25) is 11.5 Å². The average molecular weight is 170 g/mol. The van der Waals surface area contributed by atoms with Crippen LogP contribution in [0, 0.1) is 5.92 Å². The molecule has 0 aromatic heterocycles. The van der Waals surface area contributed by atoms with Gasteiger partial charge in [-0.1, -0.05) is 13.8 Å². The van der Waals surface area contributed by atoms with Crippen molar-refractivity contribution in [1.82, 2.24) is 0 Å². The second-order valence-electron chi connectivity index (χ2n) is 3.49. The van der Waals surface area contributed by atoms with Crippen LogP contribution in [0.1, 0.15) is 27.2 Å². The summed E-state index contributed by atoms with van der Waals surface area (Å²) in [6.07, 6.45) is 0.126. The molecule has 0 bridgehead atoms. The Morgan fingerprint density at radius 2 is 2.17 bits per heavy atom. The van der Waals surface area contributed by atoms with Gasteiger partial charge in [-0.2, -0.15) is 0 Å². The van der Waals surface area contributed by atoms with E-state index in [4.69, 9.17) is 4.74 Å². The van der Waals surface area contributed by atoms with Crippen molar-refractivity contribution >= 4 is 5.78 Å². The number of allylic oxidation sites excluding steroid dienone is 1. The van der Waals surface area contributed by atoms with Crippen LogP contribution in [0.2, 0.25) is 0 Å². The summed E-state index contributed by atoms with van der Waals surface area (Å²) in [5, 5.41) is 9.28. The molecule has 1 heterocycles. The molecule has 0 saturated heterocycles. The second-order valence-corrected chi connectivity index (χ2v) is 3.49. The maximum Gasteiger partial charge on any atom is 0.240 e. The maximum absolute atomic E-state index is 11.1. The van der Waals surface area contributed by atoms with Gasteiger partial charge in [0.1, 0.15) is 5.76 Å². The van der Waals surface area contributed by atoms with E-state index in [1.165, 1.54) is 0 Å². The molecule has 0 radical (unpaired) electrons. The number of hydrogen-bond donors (Lipinski definition) is 1. The van der Waals surface area contributed by atoms with Crippen molar-refractivity contribution in [1.29, 1.82) is 0 Å². The zero-order valence-corrected chi connectivity index (χ0v) is 7.63. The lowest BCUT2D eigenvalue weighted by Crippen LogP contribution is -2.12. The van der Waals surface area contributed by atoms with Crippen LogP contribution in [0.4, 0.5) is 0 Å². The predicted molar refractivity (Wildman–Crippen MR) is 44.7 cm³/mol. The van der Waals surface area contributed by atoms with Gasteiger partial charge in [0.05, 0.1) is 0 Å². The van der Waals surface area contributed by atoms with Gasteiger partial charge < -0.3 is 9.84 Å². The number of aliphatic hydroxyl groups is 1. The quantitative estimate of drug-likeness (QED) is 0.687. The molecule has 0 aromatic carbocycles. The van der Waals surface area contributed by atoms with Crippen molar-refractivity contribution in [3.05, 3.63) is 11.5 Å². The number of aliphatic hydroxyl groups excluding tert-OH is 1. The van der Waals surface area contributed by atoms with Crippen LogP contribution in [0.5, 0.6) is 0 Å². The van der Waals surface area contributed by atoms with Crippen LogP contribution < -0.4 is 0 Å². The summed E-state index contributed by atoms with van der Waals surface area (Å²) in [4.78, 5) is 11.1. The Bertz CT molecular complexity index is 228. The van der Waals surface area contributed by atoms with Crippen molar-refractivity contribution in [2.24, 2.45) is 5.92 Å². The lowest BCUT2D eigenvalue weighted by Gasteiger charge is -2.07. The highest BCUT2D eigenvalue weighted by Gasteiger charge is 2.31. The van der Waals surface area contributed by atoms with E-state index in [9.17, 15) is 9.90 Å². The Balaban J connectivity index is 2.71. The third-order valence-electron chi connectivity index (χ3n) is 1.78. The molecule has 0 amide bonds. The minimum atomic E-state index is -0.501. The Kier molecular flexibility index (Phi) is 2.40. The molecular formula is C9H14O3. The first-order valence-corrected chi connectivity index (χ1v) is 4.15. The minimum Gasteiger partial charge on any atom is -0.502 e. The summed E-state index contributed by atoms with van der Waals surface area (Å²) in [5.74, 6) is 0.351. The Labute approximate surface area is 72.0 Å². The van der Waals surface area contributed by atoms with Gasteiger partial charge in [0, 0.05) is 6.42 Å². The molecule has 1 aliphatic heterocycles. The molecule has 0 aromatic rings. The molecule has 3 heteroatoms. The molecule has 3 nitrogen and oxygen atoms in total. The highest BCUT2D eigenvalue weighted by molar-refractivity contribution is 5.98. The van der Waals surface area contributed by atoms with E-state index in [0.29, 0.717) is 18.1 Å². The zero-order chi connectivity index (χ0) is 9.30. The van der Waals surface area contributed by atoms with E-state index in [1.54, 1.807) is 6.92 Å². The fourth-order valence-corrected chi connectivity index (χ4v) is 1.17. The van der Waals surface area contributed by atoms with Gasteiger partial charge in [-0.25, -0.2) is 0 Å². The van der Waals surface area contributed by atoms with Gasteiger partial charge in [-0.3, -0.25) is 4.79 Å². The number of Topliss-reactive ketones (excluding diaryl/α,β-unsaturated/α-hetero) is 1. The SMILES string of the molecule is CC(C)CC1=C(O)C(=O)C(C)O1. The van der Waals surface area contributed by atoms with Crippen LogP contribution in [0.25, 0.3) is 0 Å². The standard InChI is InChI=1S/C9H14O3/c1-5(2)4-7-9(11)8(10)6(3)12-7/h5-6,11H,4H2,1-3H3. The van der Waals surface area contributed by atoms with Crippen LogP contribution in [-0.4, -0.2) is 17.0 Å². The molecule has 1 rings (SSSR count). The first-order valence-electron chi connectivity index (χ1n) is 4.15. The summed E-state index contributed by atoms with van der Waals surface area (Å²) in [5.41, 5.74) is 0. The highest BCUT2D eigenvalue weighted by Crippen LogP contribution is 2.24. The summed E-state index contributed by atoms with van der Waals surface area (Å²) < 4.78 is 5.18.